The van der Waals surface area contributed by atoms with E-state index >= 15 is 0 Å². The summed E-state index contributed by atoms with van der Waals surface area (Å²) in [6.07, 6.45) is -1.86. The predicted molar refractivity (Wildman–Crippen MR) is 51.3 cm³/mol. The van der Waals surface area contributed by atoms with E-state index in [1.54, 1.807) is 4.90 Å². The predicted octanol–water partition coefficient (Wildman–Crippen LogP) is -2.06. The first-order valence-electron chi connectivity index (χ1n) is 4.57. The van der Waals surface area contributed by atoms with Crippen molar-refractivity contribution in [2.75, 3.05) is 13.2 Å². The van der Waals surface area contributed by atoms with E-state index in [1.807, 2.05) is 0 Å². The molecule has 0 aliphatic carbocycles. The van der Waals surface area contributed by atoms with E-state index in [1.165, 1.54) is 0 Å². The highest BCUT2D eigenvalue weighted by Gasteiger charge is 2.52. The average Bonchev–Trinajstić information content (AvgIpc) is 2.57. The molecule has 84 valence electrons. The summed E-state index contributed by atoms with van der Waals surface area (Å²) in [5.41, 5.74) is 0. The smallest absolute Gasteiger partial charge is 0.0995 e. The van der Waals surface area contributed by atoms with Crippen LogP contribution in [0.25, 0.3) is 0 Å². The van der Waals surface area contributed by atoms with E-state index in [4.69, 9.17) is 5.11 Å². The SMILES string of the molecule is Cl.OC[C@@H]1C(O)[C@H](O)[C@H]2C(O)CCN12. The summed E-state index contributed by atoms with van der Waals surface area (Å²) in [5, 5.41) is 37.6. The van der Waals surface area contributed by atoms with Crippen LogP contribution < -0.4 is 0 Å². The van der Waals surface area contributed by atoms with Crippen molar-refractivity contribution in [3.8, 4) is 0 Å². The average molecular weight is 226 g/mol. The highest BCUT2D eigenvalue weighted by atomic mass is 35.5. The molecule has 0 aromatic rings. The zero-order valence-corrected chi connectivity index (χ0v) is 8.47. The molecule has 2 aliphatic heterocycles. The number of nitrogens with zero attached hydrogens (tertiary/aromatic N) is 1. The van der Waals surface area contributed by atoms with Crippen LogP contribution in [0.5, 0.6) is 0 Å². The zero-order valence-electron chi connectivity index (χ0n) is 7.65. The molecule has 2 rings (SSSR count). The van der Waals surface area contributed by atoms with Gasteiger partial charge in [-0.15, -0.1) is 12.4 Å². The quantitative estimate of drug-likeness (QED) is 0.413. The summed E-state index contributed by atoms with van der Waals surface area (Å²) in [4.78, 5) is 1.79. The lowest BCUT2D eigenvalue weighted by Crippen LogP contribution is -2.39. The molecule has 14 heavy (non-hydrogen) atoms. The van der Waals surface area contributed by atoms with Crippen molar-refractivity contribution in [3.63, 3.8) is 0 Å². The Labute approximate surface area is 88.4 Å². The van der Waals surface area contributed by atoms with E-state index in [2.05, 4.69) is 0 Å². The lowest BCUT2D eigenvalue weighted by molar-refractivity contribution is -0.000895. The third kappa shape index (κ3) is 1.54. The first-order valence-corrected chi connectivity index (χ1v) is 4.57. The molecule has 5 atom stereocenters. The molecule has 0 amide bonds. The molecule has 2 saturated heterocycles. The van der Waals surface area contributed by atoms with Gasteiger partial charge in [-0.25, -0.2) is 0 Å². The number of rotatable bonds is 1. The second kappa shape index (κ2) is 4.30. The van der Waals surface area contributed by atoms with Crippen molar-refractivity contribution in [1.29, 1.82) is 0 Å². The van der Waals surface area contributed by atoms with E-state index in [9.17, 15) is 15.3 Å². The van der Waals surface area contributed by atoms with Gasteiger partial charge in [-0.1, -0.05) is 0 Å². The maximum absolute atomic E-state index is 9.58. The van der Waals surface area contributed by atoms with Crippen molar-refractivity contribution in [2.45, 2.75) is 36.8 Å². The maximum Gasteiger partial charge on any atom is 0.0995 e. The lowest BCUT2D eigenvalue weighted by atomic mass is 10.0. The van der Waals surface area contributed by atoms with Gasteiger partial charge in [0, 0.05) is 6.54 Å². The van der Waals surface area contributed by atoms with Gasteiger partial charge in [-0.3, -0.25) is 4.90 Å². The number of fused-ring (bicyclic) bond motifs is 1. The van der Waals surface area contributed by atoms with Crippen LogP contribution in [-0.2, 0) is 0 Å². The van der Waals surface area contributed by atoms with Gasteiger partial charge in [-0.2, -0.15) is 0 Å². The molecular weight excluding hydrogens is 210 g/mol. The van der Waals surface area contributed by atoms with E-state index in [0.717, 1.165) is 0 Å². The Morgan fingerprint density at radius 1 is 1.14 bits per heavy atom. The number of aliphatic hydroxyl groups is 4. The summed E-state index contributed by atoms with van der Waals surface area (Å²) >= 11 is 0. The fourth-order valence-electron chi connectivity index (χ4n) is 2.47. The van der Waals surface area contributed by atoms with Crippen molar-refractivity contribution in [3.05, 3.63) is 0 Å². The van der Waals surface area contributed by atoms with Gasteiger partial charge in [0.1, 0.15) is 0 Å². The first-order chi connectivity index (χ1) is 6.16. The Morgan fingerprint density at radius 2 is 1.79 bits per heavy atom. The topological polar surface area (TPSA) is 84.2 Å². The van der Waals surface area contributed by atoms with Gasteiger partial charge < -0.3 is 20.4 Å². The summed E-state index contributed by atoms with van der Waals surface area (Å²) in [6, 6.07) is -0.815. The lowest BCUT2D eigenvalue weighted by Gasteiger charge is -2.22. The molecule has 2 fully saturated rings. The minimum atomic E-state index is -0.940. The van der Waals surface area contributed by atoms with E-state index < -0.39 is 30.4 Å². The van der Waals surface area contributed by atoms with E-state index in [0.29, 0.717) is 13.0 Å². The van der Waals surface area contributed by atoms with Crippen LogP contribution in [-0.4, -0.2) is 68.9 Å². The molecule has 0 aromatic carbocycles. The molecule has 5 nitrogen and oxygen atoms in total. The summed E-state index contributed by atoms with van der Waals surface area (Å²) < 4.78 is 0. The van der Waals surface area contributed by atoms with Crippen LogP contribution in [0.4, 0.5) is 0 Å². The molecule has 0 saturated carbocycles. The molecule has 2 aliphatic rings. The Morgan fingerprint density at radius 3 is 2.36 bits per heavy atom. The van der Waals surface area contributed by atoms with Crippen molar-refractivity contribution >= 4 is 12.4 Å². The molecular formula is C8H16ClNO4. The molecule has 2 unspecified atom stereocenters. The Hall–Kier alpha value is 0.0900. The molecule has 0 spiro atoms. The normalized spacial score (nSPS) is 47.6. The van der Waals surface area contributed by atoms with Crippen LogP contribution >= 0.6 is 12.4 Å². The zero-order chi connectivity index (χ0) is 9.59. The third-order valence-corrected chi connectivity index (χ3v) is 3.17. The van der Waals surface area contributed by atoms with Crippen molar-refractivity contribution < 1.29 is 20.4 Å². The number of aliphatic hydroxyl groups excluding tert-OH is 4. The first kappa shape index (κ1) is 12.2. The largest absolute Gasteiger partial charge is 0.395 e. The fourth-order valence-corrected chi connectivity index (χ4v) is 2.47. The van der Waals surface area contributed by atoms with E-state index in [-0.39, 0.29) is 19.0 Å². The highest BCUT2D eigenvalue weighted by Crippen LogP contribution is 2.33. The molecule has 4 N–H and O–H groups in total. The van der Waals surface area contributed by atoms with Crippen LogP contribution in [0.3, 0.4) is 0 Å². The van der Waals surface area contributed by atoms with Gasteiger partial charge in [0.05, 0.1) is 37.0 Å². The minimum absolute atomic E-state index is 0. The molecule has 0 bridgehead atoms. The van der Waals surface area contributed by atoms with Gasteiger partial charge in [0.25, 0.3) is 0 Å². The maximum atomic E-state index is 9.58. The Balaban J connectivity index is 0.000000980. The summed E-state index contributed by atoms with van der Waals surface area (Å²) in [7, 11) is 0. The summed E-state index contributed by atoms with van der Waals surface area (Å²) in [6.45, 7) is 0.451. The van der Waals surface area contributed by atoms with Crippen LogP contribution in [0, 0.1) is 0 Å². The van der Waals surface area contributed by atoms with Crippen molar-refractivity contribution in [2.24, 2.45) is 0 Å². The Bertz CT molecular complexity index is 206. The standard InChI is InChI=1S/C8H15NO4.ClH/c10-3-4-7(12)8(13)6-5(11)1-2-9(4)6;/h4-8,10-13H,1-3H2;1H/t4-,5?,6-,7?,8-;/m1./s1. The summed E-state index contributed by atoms with van der Waals surface area (Å²) in [5.74, 6) is 0. The van der Waals surface area contributed by atoms with Gasteiger partial charge in [0.2, 0.25) is 0 Å². The second-order valence-electron chi connectivity index (χ2n) is 3.82. The van der Waals surface area contributed by atoms with Gasteiger partial charge in [-0.05, 0) is 6.42 Å². The second-order valence-corrected chi connectivity index (χ2v) is 3.82. The number of hydrogen-bond acceptors (Lipinski definition) is 5. The fraction of sp³-hybridized carbons (Fsp3) is 1.00. The number of hydrogen-bond donors (Lipinski definition) is 4. The van der Waals surface area contributed by atoms with Crippen molar-refractivity contribution in [1.82, 2.24) is 4.90 Å². The van der Waals surface area contributed by atoms with Gasteiger partial charge >= 0.3 is 0 Å². The monoisotopic (exact) mass is 225 g/mol. The molecule has 0 aromatic heterocycles. The highest BCUT2D eigenvalue weighted by molar-refractivity contribution is 5.85. The molecule has 0 radical (unpaired) electrons. The molecule has 6 heteroatoms. The van der Waals surface area contributed by atoms with Crippen LogP contribution in [0.15, 0.2) is 0 Å². The van der Waals surface area contributed by atoms with Crippen LogP contribution in [0.1, 0.15) is 6.42 Å². The molecule has 2 heterocycles. The minimum Gasteiger partial charge on any atom is -0.395 e. The number of halogens is 1. The van der Waals surface area contributed by atoms with Crippen LogP contribution in [0.2, 0.25) is 0 Å². The van der Waals surface area contributed by atoms with Gasteiger partial charge in [0.15, 0.2) is 0 Å². The Kier molecular flexibility index (Phi) is 3.74. The third-order valence-electron chi connectivity index (χ3n) is 3.17.